The number of ketones is 1. The van der Waals surface area contributed by atoms with Crippen molar-refractivity contribution in [3.05, 3.63) is 71.4 Å². The van der Waals surface area contributed by atoms with E-state index < -0.39 is 5.79 Å². The third kappa shape index (κ3) is 10.3. The first kappa shape index (κ1) is 32.9. The van der Waals surface area contributed by atoms with E-state index >= 15 is 0 Å². The number of aliphatic hydroxyl groups is 1. The Morgan fingerprint density at radius 1 is 1.21 bits per heavy atom. The fourth-order valence-electron chi connectivity index (χ4n) is 3.80. The van der Waals surface area contributed by atoms with Crippen LogP contribution in [0.2, 0.25) is 0 Å². The summed E-state index contributed by atoms with van der Waals surface area (Å²) in [4.78, 5) is 21.5. The van der Waals surface area contributed by atoms with Crippen LogP contribution < -0.4 is 11.1 Å². The summed E-state index contributed by atoms with van der Waals surface area (Å²) in [6, 6.07) is 9.85. The molecule has 0 aliphatic rings. The van der Waals surface area contributed by atoms with Crippen molar-refractivity contribution in [2.24, 2.45) is 11.7 Å². The number of nitrogens with one attached hydrogen (secondary N) is 1. The van der Waals surface area contributed by atoms with E-state index in [4.69, 9.17) is 10.5 Å². The van der Waals surface area contributed by atoms with Gasteiger partial charge in [-0.05, 0) is 51.3 Å². The highest BCUT2D eigenvalue weighted by Crippen LogP contribution is 2.20. The van der Waals surface area contributed by atoms with Gasteiger partial charge in [0.15, 0.2) is 5.79 Å². The van der Waals surface area contributed by atoms with Gasteiger partial charge in [-0.2, -0.15) is 5.10 Å². The predicted molar refractivity (Wildman–Crippen MR) is 153 cm³/mol. The monoisotopic (exact) mass is 526 g/mol. The van der Waals surface area contributed by atoms with Gasteiger partial charge in [0.05, 0.1) is 18.2 Å². The van der Waals surface area contributed by atoms with Gasteiger partial charge in [0.25, 0.3) is 0 Å². The fraction of sp³-hybridized carbons (Fsp3) is 0.517. The maximum Gasteiger partial charge on any atom is 0.218 e. The van der Waals surface area contributed by atoms with Crippen molar-refractivity contribution < 1.29 is 14.6 Å². The number of aromatic nitrogens is 4. The van der Waals surface area contributed by atoms with Gasteiger partial charge < -0.3 is 20.9 Å². The molecule has 9 nitrogen and oxygen atoms in total. The molecule has 2 atom stereocenters. The Hall–Kier alpha value is -3.14. The first-order chi connectivity index (χ1) is 18.2. The number of aryl methyl sites for hydroxylation is 1. The highest BCUT2D eigenvalue weighted by atomic mass is 16.6. The second-order valence-corrected chi connectivity index (χ2v) is 8.89. The molecule has 3 aromatic rings. The van der Waals surface area contributed by atoms with E-state index in [0.29, 0.717) is 36.7 Å². The Kier molecular flexibility index (Phi) is 14.4. The van der Waals surface area contributed by atoms with E-state index in [2.05, 4.69) is 26.4 Å². The molecule has 2 unspecified atom stereocenters. The van der Waals surface area contributed by atoms with Crippen LogP contribution in [0.5, 0.6) is 0 Å². The van der Waals surface area contributed by atoms with Crippen LogP contribution in [0.4, 0.5) is 5.82 Å². The molecule has 9 heteroatoms. The molecule has 38 heavy (non-hydrogen) atoms. The summed E-state index contributed by atoms with van der Waals surface area (Å²) in [6.07, 6.45) is 5.05. The number of ether oxygens (including phenoxy) is 1. The Labute approximate surface area is 227 Å². The Morgan fingerprint density at radius 2 is 1.92 bits per heavy atom. The largest absolute Gasteiger partial charge is 0.367 e. The molecule has 210 valence electrons. The lowest BCUT2D eigenvalue weighted by Gasteiger charge is -2.31. The SMILES string of the molecule is CC.CC.CCC(CN)C(CNc1ncncc1C(=O)c1ccn(Cc2cccc(C)c2)n1)OC(C)(C)O. The smallest absolute Gasteiger partial charge is 0.218 e. The summed E-state index contributed by atoms with van der Waals surface area (Å²) in [5.74, 6) is -1.19. The zero-order valence-corrected chi connectivity index (χ0v) is 24.2. The van der Waals surface area contributed by atoms with Crippen molar-refractivity contribution in [3.8, 4) is 0 Å². The number of anilines is 1. The molecule has 0 spiro atoms. The van der Waals surface area contributed by atoms with Gasteiger partial charge in [-0.3, -0.25) is 9.48 Å². The number of carbonyl (C=O) groups excluding carboxylic acids is 1. The molecule has 0 aliphatic carbocycles. The summed E-state index contributed by atoms with van der Waals surface area (Å²) in [5, 5.41) is 17.8. The molecule has 0 amide bonds. The molecule has 3 rings (SSSR count). The lowest BCUT2D eigenvalue weighted by molar-refractivity contribution is -0.212. The van der Waals surface area contributed by atoms with Crippen LogP contribution in [0.25, 0.3) is 0 Å². The number of nitrogens with zero attached hydrogens (tertiary/aromatic N) is 4. The van der Waals surface area contributed by atoms with E-state index in [9.17, 15) is 9.90 Å². The van der Waals surface area contributed by atoms with Crippen molar-refractivity contribution in [3.63, 3.8) is 0 Å². The molecule has 0 saturated carbocycles. The number of benzene rings is 1. The van der Waals surface area contributed by atoms with Crippen molar-refractivity contribution in [2.45, 2.75) is 80.2 Å². The maximum absolute atomic E-state index is 13.2. The summed E-state index contributed by atoms with van der Waals surface area (Å²) < 4.78 is 7.56. The quantitative estimate of drug-likeness (QED) is 0.226. The van der Waals surface area contributed by atoms with Crippen molar-refractivity contribution >= 4 is 11.6 Å². The predicted octanol–water partition coefficient (Wildman–Crippen LogP) is 4.82. The van der Waals surface area contributed by atoms with Crippen molar-refractivity contribution in [1.29, 1.82) is 0 Å². The van der Waals surface area contributed by atoms with Gasteiger partial charge in [0, 0.05) is 18.9 Å². The number of rotatable bonds is 12. The third-order valence-corrected chi connectivity index (χ3v) is 5.52. The molecule has 0 fully saturated rings. The molecule has 2 aromatic heterocycles. The second-order valence-electron chi connectivity index (χ2n) is 8.89. The molecule has 0 saturated heterocycles. The minimum atomic E-state index is -1.32. The number of carbonyl (C=O) groups is 1. The number of hydrogen-bond donors (Lipinski definition) is 3. The lowest BCUT2D eigenvalue weighted by atomic mass is 9.99. The zero-order chi connectivity index (χ0) is 28.7. The Morgan fingerprint density at radius 3 is 2.53 bits per heavy atom. The molecular formula is C29H46N6O3. The summed E-state index contributed by atoms with van der Waals surface area (Å²) in [6.45, 7) is 16.5. The molecule has 0 bridgehead atoms. The average molecular weight is 527 g/mol. The molecular weight excluding hydrogens is 480 g/mol. The Balaban J connectivity index is 0.00000172. The Bertz CT molecular complexity index is 1090. The molecule has 2 heterocycles. The highest BCUT2D eigenvalue weighted by Gasteiger charge is 2.27. The van der Waals surface area contributed by atoms with Gasteiger partial charge in [0.1, 0.15) is 17.8 Å². The van der Waals surface area contributed by atoms with E-state index in [1.165, 1.54) is 18.1 Å². The van der Waals surface area contributed by atoms with Crippen LogP contribution in [0.15, 0.2) is 49.1 Å². The normalized spacial score (nSPS) is 12.4. The van der Waals surface area contributed by atoms with Crippen molar-refractivity contribution in [1.82, 2.24) is 19.7 Å². The minimum Gasteiger partial charge on any atom is -0.367 e. The fourth-order valence-corrected chi connectivity index (χ4v) is 3.80. The van der Waals surface area contributed by atoms with E-state index in [-0.39, 0.29) is 17.8 Å². The number of hydrogen-bond acceptors (Lipinski definition) is 8. The van der Waals surface area contributed by atoms with Crippen LogP contribution >= 0.6 is 0 Å². The van der Waals surface area contributed by atoms with Crippen LogP contribution in [0.1, 0.15) is 82.1 Å². The molecule has 0 radical (unpaired) electrons. The molecule has 1 aromatic carbocycles. The lowest BCUT2D eigenvalue weighted by Crippen LogP contribution is -2.41. The summed E-state index contributed by atoms with van der Waals surface area (Å²) in [5.41, 5.74) is 8.81. The van der Waals surface area contributed by atoms with Gasteiger partial charge in [-0.1, -0.05) is 64.4 Å². The van der Waals surface area contributed by atoms with Crippen LogP contribution in [-0.2, 0) is 11.3 Å². The van der Waals surface area contributed by atoms with Crippen molar-refractivity contribution in [2.75, 3.05) is 18.4 Å². The molecule has 0 aliphatic heterocycles. The van der Waals surface area contributed by atoms with Gasteiger partial charge in [-0.15, -0.1) is 0 Å². The maximum atomic E-state index is 13.2. The average Bonchev–Trinajstić information content (AvgIpc) is 3.37. The van der Waals surface area contributed by atoms with Crippen LogP contribution in [-0.4, -0.2) is 55.6 Å². The highest BCUT2D eigenvalue weighted by molar-refractivity contribution is 6.10. The minimum absolute atomic E-state index is 0.0252. The summed E-state index contributed by atoms with van der Waals surface area (Å²) in [7, 11) is 0. The first-order valence-corrected chi connectivity index (χ1v) is 13.5. The third-order valence-electron chi connectivity index (χ3n) is 5.52. The van der Waals surface area contributed by atoms with Gasteiger partial charge in [-0.25, -0.2) is 9.97 Å². The van der Waals surface area contributed by atoms with Gasteiger partial charge in [0.2, 0.25) is 5.78 Å². The van der Waals surface area contributed by atoms with Crippen LogP contribution in [0.3, 0.4) is 0 Å². The van der Waals surface area contributed by atoms with E-state index in [0.717, 1.165) is 12.0 Å². The van der Waals surface area contributed by atoms with E-state index in [1.807, 2.05) is 59.7 Å². The first-order valence-electron chi connectivity index (χ1n) is 13.5. The second kappa shape index (κ2) is 16.7. The van der Waals surface area contributed by atoms with E-state index in [1.54, 1.807) is 30.8 Å². The topological polar surface area (TPSA) is 128 Å². The molecule has 4 N–H and O–H groups in total. The number of nitrogens with two attached hydrogens (primary N) is 1. The standard InChI is InChI=1S/C25H34N6O3.2C2H6/c1-5-19(12-26)22(34-25(3,4)33)14-28-24-20(13-27-16-29-24)23(32)21-9-10-31(30-21)15-18-8-6-7-17(2)11-18;2*1-2/h6-11,13,16,19,22,33H,5,12,14-15,26H2,1-4H3,(H,27,28,29);2*1-2H3. The van der Waals surface area contributed by atoms with Crippen LogP contribution in [0, 0.1) is 12.8 Å². The van der Waals surface area contributed by atoms with Gasteiger partial charge >= 0.3 is 0 Å². The zero-order valence-electron chi connectivity index (χ0n) is 24.2. The summed E-state index contributed by atoms with van der Waals surface area (Å²) >= 11 is 0.